The topological polar surface area (TPSA) is 103 Å². The fraction of sp³-hybridized carbons (Fsp3) is 0.400. The molecule has 0 radical (unpaired) electrons. The third kappa shape index (κ3) is 5.08. The molecule has 0 aliphatic rings. The molecule has 0 saturated heterocycles. The summed E-state index contributed by atoms with van der Waals surface area (Å²) < 4.78 is 0. The number of benzene rings is 1. The molecular weight excluding hydrogens is 282 g/mol. The molecule has 0 fully saturated rings. The first-order valence-electron chi connectivity index (χ1n) is 7.36. The lowest BCUT2D eigenvalue weighted by atomic mass is 9.97. The van der Waals surface area contributed by atoms with E-state index < -0.39 is 0 Å². The summed E-state index contributed by atoms with van der Waals surface area (Å²) >= 11 is 0. The number of rotatable bonds is 7. The number of amides is 2. The maximum absolute atomic E-state index is 11.7. The number of nitrogens with zero attached hydrogens (tertiary/aromatic N) is 1. The molecule has 2 amide bonds. The number of H-pyrrole nitrogens is 2. The molecule has 0 spiro atoms. The average molecular weight is 303 g/mol. The van der Waals surface area contributed by atoms with Gasteiger partial charge in [-0.05, 0) is 17.9 Å². The fourth-order valence-corrected chi connectivity index (χ4v) is 2.16. The number of nitrogens with one attached hydrogen (secondary N) is 4. The van der Waals surface area contributed by atoms with Crippen LogP contribution in [0.4, 0.5) is 4.79 Å². The number of hydrogen-bond donors (Lipinski definition) is 4. The molecule has 1 unspecified atom stereocenters. The molecule has 0 saturated carbocycles. The Kier molecular flexibility index (Phi) is 5.76. The summed E-state index contributed by atoms with van der Waals surface area (Å²) in [6.45, 7) is 2.90. The van der Waals surface area contributed by atoms with E-state index in [2.05, 4.69) is 44.9 Å². The molecule has 1 heterocycles. The quantitative estimate of drug-likeness (QED) is 0.617. The molecule has 7 nitrogen and oxygen atoms in total. The summed E-state index contributed by atoms with van der Waals surface area (Å²) in [5.74, 6) is 0.787. The highest BCUT2D eigenvalue weighted by molar-refractivity contribution is 5.73. The number of hydrogen-bond acceptors (Lipinski definition) is 3. The molecule has 1 aromatic carbocycles. The van der Waals surface area contributed by atoms with Crippen molar-refractivity contribution in [1.82, 2.24) is 25.8 Å². The van der Waals surface area contributed by atoms with Gasteiger partial charge in [-0.3, -0.25) is 4.98 Å². The summed E-state index contributed by atoms with van der Waals surface area (Å²) in [6, 6.07) is 9.96. The monoisotopic (exact) mass is 303 g/mol. The van der Waals surface area contributed by atoms with Crippen molar-refractivity contribution in [1.29, 1.82) is 0 Å². The Morgan fingerprint density at radius 1 is 1.27 bits per heavy atom. The normalized spacial score (nSPS) is 11.9. The van der Waals surface area contributed by atoms with Gasteiger partial charge in [-0.1, -0.05) is 43.7 Å². The van der Waals surface area contributed by atoms with Crippen LogP contribution in [0.5, 0.6) is 0 Å². The smallest absolute Gasteiger partial charge is 0.338 e. The van der Waals surface area contributed by atoms with Crippen LogP contribution in [-0.4, -0.2) is 27.8 Å². The van der Waals surface area contributed by atoms with Crippen molar-refractivity contribution in [3.05, 3.63) is 52.2 Å². The molecular formula is C15H21N5O2. The van der Waals surface area contributed by atoms with Crippen LogP contribution in [0.25, 0.3) is 0 Å². The van der Waals surface area contributed by atoms with E-state index in [1.165, 1.54) is 5.56 Å². The first kappa shape index (κ1) is 15.8. The maximum Gasteiger partial charge on any atom is 0.340 e. The fourth-order valence-electron chi connectivity index (χ4n) is 2.16. The van der Waals surface area contributed by atoms with Gasteiger partial charge in [-0.25, -0.2) is 14.7 Å². The van der Waals surface area contributed by atoms with Gasteiger partial charge in [0.2, 0.25) is 0 Å². The van der Waals surface area contributed by atoms with Crippen LogP contribution in [0, 0.1) is 5.92 Å². The minimum absolute atomic E-state index is 0.181. The lowest BCUT2D eigenvalue weighted by Gasteiger charge is -2.16. The van der Waals surface area contributed by atoms with Crippen molar-refractivity contribution in [3.63, 3.8) is 0 Å². The van der Waals surface area contributed by atoms with Gasteiger partial charge in [0.05, 0.1) is 6.54 Å². The average Bonchev–Trinajstić information content (AvgIpc) is 2.96. The van der Waals surface area contributed by atoms with Gasteiger partial charge in [0.1, 0.15) is 5.82 Å². The van der Waals surface area contributed by atoms with Crippen molar-refractivity contribution >= 4 is 6.03 Å². The standard InChI is InChI=1S/C15H21N5O2/c1-2-11(8-12-6-4-3-5-7-12)9-16-14(21)17-10-13-18-15(22)20-19-13/h3-7,11H,2,8-10H2,1H3,(H2,16,17,21)(H2,18,19,20,22). The lowest BCUT2D eigenvalue weighted by molar-refractivity contribution is 0.238. The molecule has 1 aromatic heterocycles. The van der Waals surface area contributed by atoms with E-state index in [4.69, 9.17) is 0 Å². The van der Waals surface area contributed by atoms with Crippen LogP contribution in [0.1, 0.15) is 24.7 Å². The van der Waals surface area contributed by atoms with Crippen LogP contribution in [-0.2, 0) is 13.0 Å². The third-order valence-corrected chi connectivity index (χ3v) is 3.46. The minimum Gasteiger partial charge on any atom is -0.338 e. The van der Waals surface area contributed by atoms with Crippen molar-refractivity contribution in [2.75, 3.05) is 6.54 Å². The van der Waals surface area contributed by atoms with Crippen LogP contribution >= 0.6 is 0 Å². The van der Waals surface area contributed by atoms with Crippen molar-refractivity contribution in [2.24, 2.45) is 5.92 Å². The first-order valence-corrected chi connectivity index (χ1v) is 7.36. The molecule has 0 aliphatic heterocycles. The SMILES string of the molecule is CCC(CNC(=O)NCc1n[nH]c(=O)[nH]1)Cc1ccccc1. The van der Waals surface area contributed by atoms with E-state index >= 15 is 0 Å². The van der Waals surface area contributed by atoms with E-state index in [-0.39, 0.29) is 18.3 Å². The van der Waals surface area contributed by atoms with Crippen LogP contribution < -0.4 is 16.3 Å². The van der Waals surface area contributed by atoms with Gasteiger partial charge >= 0.3 is 11.7 Å². The molecule has 22 heavy (non-hydrogen) atoms. The Hall–Kier alpha value is -2.57. The van der Waals surface area contributed by atoms with Crippen molar-refractivity contribution in [2.45, 2.75) is 26.3 Å². The van der Waals surface area contributed by atoms with E-state index in [1.807, 2.05) is 18.2 Å². The predicted octanol–water partition coefficient (Wildman–Crippen LogP) is 1.17. The minimum atomic E-state index is -0.383. The highest BCUT2D eigenvalue weighted by Crippen LogP contribution is 2.11. The van der Waals surface area contributed by atoms with Crippen LogP contribution in [0.15, 0.2) is 35.1 Å². The molecule has 0 aliphatic carbocycles. The molecule has 0 bridgehead atoms. The van der Waals surface area contributed by atoms with E-state index in [0.717, 1.165) is 12.8 Å². The number of aromatic amines is 2. The molecule has 7 heteroatoms. The van der Waals surface area contributed by atoms with Gasteiger partial charge in [-0.2, -0.15) is 5.10 Å². The van der Waals surface area contributed by atoms with Gasteiger partial charge in [-0.15, -0.1) is 0 Å². The number of carbonyl (C=O) groups is 1. The summed E-state index contributed by atoms with van der Waals surface area (Å²) in [6.07, 6.45) is 1.92. The molecule has 118 valence electrons. The highest BCUT2D eigenvalue weighted by Gasteiger charge is 2.10. The zero-order valence-corrected chi connectivity index (χ0v) is 12.6. The number of carbonyl (C=O) groups excluding carboxylic acids is 1. The Morgan fingerprint density at radius 2 is 2.05 bits per heavy atom. The molecule has 2 rings (SSSR count). The number of urea groups is 1. The Balaban J connectivity index is 1.73. The lowest BCUT2D eigenvalue weighted by Crippen LogP contribution is -2.38. The molecule has 1 atom stereocenters. The van der Waals surface area contributed by atoms with Crippen LogP contribution in [0.2, 0.25) is 0 Å². The van der Waals surface area contributed by atoms with Crippen molar-refractivity contribution in [3.8, 4) is 0 Å². The summed E-state index contributed by atoms with van der Waals surface area (Å²) in [4.78, 5) is 25.1. The van der Waals surface area contributed by atoms with E-state index in [1.54, 1.807) is 0 Å². The zero-order valence-electron chi connectivity index (χ0n) is 12.6. The Labute approximate surface area is 128 Å². The van der Waals surface area contributed by atoms with Gasteiger partial charge in [0.25, 0.3) is 0 Å². The Bertz CT molecular complexity index is 635. The Morgan fingerprint density at radius 3 is 2.68 bits per heavy atom. The third-order valence-electron chi connectivity index (χ3n) is 3.46. The second kappa shape index (κ2) is 8.02. The predicted molar refractivity (Wildman–Crippen MR) is 83.4 cm³/mol. The zero-order chi connectivity index (χ0) is 15.8. The van der Waals surface area contributed by atoms with Gasteiger partial charge < -0.3 is 10.6 Å². The van der Waals surface area contributed by atoms with Crippen LogP contribution in [0.3, 0.4) is 0 Å². The molecule has 2 aromatic rings. The second-order valence-corrected chi connectivity index (χ2v) is 5.15. The highest BCUT2D eigenvalue weighted by atomic mass is 16.2. The first-order chi connectivity index (χ1) is 10.7. The van der Waals surface area contributed by atoms with Crippen molar-refractivity contribution < 1.29 is 4.79 Å². The number of aromatic nitrogens is 3. The van der Waals surface area contributed by atoms with Gasteiger partial charge in [0.15, 0.2) is 0 Å². The summed E-state index contributed by atoms with van der Waals surface area (Å²) in [5, 5.41) is 11.5. The summed E-state index contributed by atoms with van der Waals surface area (Å²) in [7, 11) is 0. The largest absolute Gasteiger partial charge is 0.340 e. The summed E-state index contributed by atoms with van der Waals surface area (Å²) in [5.41, 5.74) is 0.886. The van der Waals surface area contributed by atoms with Gasteiger partial charge in [0, 0.05) is 6.54 Å². The van der Waals surface area contributed by atoms with E-state index in [0.29, 0.717) is 18.3 Å². The second-order valence-electron chi connectivity index (χ2n) is 5.15. The van der Waals surface area contributed by atoms with E-state index in [9.17, 15) is 9.59 Å². The maximum atomic E-state index is 11.7. The molecule has 4 N–H and O–H groups in total.